The number of carbonyl (C=O) groups excluding carboxylic acids is 1. The molecule has 0 saturated heterocycles. The van der Waals surface area contributed by atoms with Crippen molar-refractivity contribution in [3.8, 4) is 0 Å². The second-order valence-corrected chi connectivity index (χ2v) is 5.82. The van der Waals surface area contributed by atoms with Crippen LogP contribution in [0.25, 0.3) is 0 Å². The van der Waals surface area contributed by atoms with Crippen molar-refractivity contribution in [1.82, 2.24) is 0 Å². The number of hydrogen-bond acceptors (Lipinski definition) is 2. The third-order valence-corrected chi connectivity index (χ3v) is 3.98. The lowest BCUT2D eigenvalue weighted by Crippen LogP contribution is -2.03. The molecule has 20 heavy (non-hydrogen) atoms. The van der Waals surface area contributed by atoms with Gasteiger partial charge < -0.3 is 10.6 Å². The first-order valence-electron chi connectivity index (χ1n) is 7.57. The van der Waals surface area contributed by atoms with Crippen molar-refractivity contribution in [3.63, 3.8) is 0 Å². The molecule has 1 heterocycles. The van der Waals surface area contributed by atoms with Crippen LogP contribution in [0.5, 0.6) is 0 Å². The maximum Gasteiger partial charge on any atom is 0.228 e. The molecule has 0 saturated carbocycles. The van der Waals surface area contributed by atoms with E-state index >= 15 is 0 Å². The third kappa shape index (κ3) is 4.14. The van der Waals surface area contributed by atoms with Gasteiger partial charge in [-0.3, -0.25) is 4.79 Å². The van der Waals surface area contributed by atoms with Gasteiger partial charge in [-0.2, -0.15) is 0 Å². The number of unbranched alkanes of at least 4 members (excludes halogenated alkanes) is 5. The van der Waals surface area contributed by atoms with Gasteiger partial charge in [0.15, 0.2) is 0 Å². The predicted molar refractivity (Wildman–Crippen MR) is 85.7 cm³/mol. The molecule has 0 unspecified atom stereocenters. The molecule has 2 rings (SSSR count). The van der Waals surface area contributed by atoms with Gasteiger partial charge in [0, 0.05) is 12.2 Å². The molecule has 0 aromatic heterocycles. The first-order valence-corrected chi connectivity index (χ1v) is 7.94. The number of halogens is 1. The van der Waals surface area contributed by atoms with Gasteiger partial charge >= 0.3 is 0 Å². The van der Waals surface area contributed by atoms with E-state index in [4.69, 9.17) is 11.6 Å². The summed E-state index contributed by atoms with van der Waals surface area (Å²) in [5.74, 6) is 0.0455. The van der Waals surface area contributed by atoms with Crippen LogP contribution in [0.1, 0.15) is 51.0 Å². The van der Waals surface area contributed by atoms with Gasteiger partial charge in [0.25, 0.3) is 0 Å². The van der Waals surface area contributed by atoms with Crippen LogP contribution in [0, 0.1) is 0 Å². The summed E-state index contributed by atoms with van der Waals surface area (Å²) in [6.45, 7) is 3.17. The molecule has 0 aliphatic carbocycles. The molecule has 0 bridgehead atoms. The Morgan fingerprint density at radius 3 is 2.75 bits per heavy atom. The number of anilines is 2. The van der Waals surface area contributed by atoms with Crippen molar-refractivity contribution in [2.24, 2.45) is 0 Å². The molecular weight excluding hydrogens is 272 g/mol. The average molecular weight is 295 g/mol. The zero-order chi connectivity index (χ0) is 14.4. The van der Waals surface area contributed by atoms with Crippen LogP contribution in [0.2, 0.25) is 5.02 Å². The first-order chi connectivity index (χ1) is 9.70. The molecule has 0 spiro atoms. The number of carbonyl (C=O) groups is 1. The maximum absolute atomic E-state index is 11.3. The lowest BCUT2D eigenvalue weighted by atomic mass is 10.1. The number of benzene rings is 1. The molecule has 1 amide bonds. The number of rotatable bonds is 8. The Labute approximate surface area is 126 Å². The van der Waals surface area contributed by atoms with Gasteiger partial charge in [0.1, 0.15) is 0 Å². The smallest absolute Gasteiger partial charge is 0.228 e. The number of nitrogens with one attached hydrogen (secondary N) is 2. The Kier molecular flexibility index (Phi) is 5.72. The molecule has 1 aromatic rings. The normalized spacial score (nSPS) is 13.2. The van der Waals surface area contributed by atoms with Gasteiger partial charge in [-0.25, -0.2) is 0 Å². The fourth-order valence-corrected chi connectivity index (χ4v) is 2.74. The fraction of sp³-hybridized carbons (Fsp3) is 0.562. The Balaban J connectivity index is 1.76. The molecule has 0 radical (unpaired) electrons. The molecule has 1 aliphatic rings. The van der Waals surface area contributed by atoms with Crippen LogP contribution in [0.15, 0.2) is 12.1 Å². The molecule has 1 aliphatic heterocycles. The molecule has 2 N–H and O–H groups in total. The van der Waals surface area contributed by atoms with Gasteiger partial charge in [-0.15, -0.1) is 0 Å². The molecule has 0 fully saturated rings. The number of hydrogen-bond donors (Lipinski definition) is 2. The van der Waals surface area contributed by atoms with Crippen LogP contribution >= 0.6 is 11.6 Å². The largest absolute Gasteiger partial charge is 0.384 e. The number of amides is 1. The van der Waals surface area contributed by atoms with E-state index < -0.39 is 0 Å². The molecule has 1 aromatic carbocycles. The Morgan fingerprint density at radius 1 is 1.20 bits per heavy atom. The summed E-state index contributed by atoms with van der Waals surface area (Å²) in [5.41, 5.74) is 2.82. The van der Waals surface area contributed by atoms with Gasteiger partial charge in [0.05, 0.1) is 17.1 Å². The lowest BCUT2D eigenvalue weighted by molar-refractivity contribution is -0.115. The van der Waals surface area contributed by atoms with Crippen LogP contribution in [0.3, 0.4) is 0 Å². The summed E-state index contributed by atoms with van der Waals surface area (Å²) in [6, 6.07) is 3.83. The Morgan fingerprint density at radius 2 is 1.95 bits per heavy atom. The summed E-state index contributed by atoms with van der Waals surface area (Å²) in [6.07, 6.45) is 8.15. The highest BCUT2D eigenvalue weighted by Crippen LogP contribution is 2.32. The second-order valence-electron chi connectivity index (χ2n) is 5.41. The minimum Gasteiger partial charge on any atom is -0.384 e. The molecular formula is C16H23ClN2O. The molecule has 3 nitrogen and oxygen atoms in total. The van der Waals surface area contributed by atoms with Crippen LogP contribution < -0.4 is 10.6 Å². The van der Waals surface area contributed by atoms with Gasteiger partial charge in [0.2, 0.25) is 5.91 Å². The fourth-order valence-electron chi connectivity index (χ4n) is 2.51. The van der Waals surface area contributed by atoms with Crippen molar-refractivity contribution < 1.29 is 4.79 Å². The lowest BCUT2D eigenvalue weighted by Gasteiger charge is -2.10. The van der Waals surface area contributed by atoms with Crippen molar-refractivity contribution in [3.05, 3.63) is 22.7 Å². The average Bonchev–Trinajstić information content (AvgIpc) is 2.77. The van der Waals surface area contributed by atoms with E-state index in [9.17, 15) is 4.79 Å². The highest BCUT2D eigenvalue weighted by atomic mass is 35.5. The summed E-state index contributed by atoms with van der Waals surface area (Å²) in [7, 11) is 0. The van der Waals surface area contributed by atoms with Gasteiger partial charge in [-0.1, -0.05) is 50.6 Å². The standard InChI is InChI=1S/C16H23ClN2O/c1-2-3-4-5-6-7-8-18-15-9-12-10-16(20)19-14(12)11-13(15)17/h9,11,18H,2-8,10H2,1H3,(H,19,20). The summed E-state index contributed by atoms with van der Waals surface area (Å²) >= 11 is 6.22. The van der Waals surface area contributed by atoms with Crippen molar-refractivity contribution in [2.75, 3.05) is 17.2 Å². The Bertz CT molecular complexity index is 474. The van der Waals surface area contributed by atoms with E-state index in [1.807, 2.05) is 12.1 Å². The van der Waals surface area contributed by atoms with Gasteiger partial charge in [-0.05, 0) is 24.1 Å². The minimum atomic E-state index is 0.0455. The summed E-state index contributed by atoms with van der Waals surface area (Å²) in [4.78, 5) is 11.3. The quantitative estimate of drug-likeness (QED) is 0.688. The van der Waals surface area contributed by atoms with E-state index in [2.05, 4.69) is 17.6 Å². The molecule has 4 heteroatoms. The van der Waals surface area contributed by atoms with Crippen molar-refractivity contribution in [2.45, 2.75) is 51.9 Å². The third-order valence-electron chi connectivity index (χ3n) is 3.66. The topological polar surface area (TPSA) is 41.1 Å². The SMILES string of the molecule is CCCCCCCCNc1cc2c(cc1Cl)NC(=O)C2. The van der Waals surface area contributed by atoms with E-state index in [1.165, 1.54) is 32.1 Å². The van der Waals surface area contributed by atoms with Crippen molar-refractivity contribution >= 4 is 28.9 Å². The second kappa shape index (κ2) is 7.53. The Hall–Kier alpha value is -1.22. The number of fused-ring (bicyclic) bond motifs is 1. The van der Waals surface area contributed by atoms with Crippen molar-refractivity contribution in [1.29, 1.82) is 0 Å². The van der Waals surface area contributed by atoms with E-state index in [0.717, 1.165) is 29.9 Å². The maximum atomic E-state index is 11.3. The van der Waals surface area contributed by atoms with Crippen LogP contribution in [-0.4, -0.2) is 12.5 Å². The van der Waals surface area contributed by atoms with Crippen LogP contribution in [-0.2, 0) is 11.2 Å². The van der Waals surface area contributed by atoms with Crippen LogP contribution in [0.4, 0.5) is 11.4 Å². The first kappa shape index (κ1) is 15.2. The van der Waals surface area contributed by atoms with E-state index in [-0.39, 0.29) is 5.91 Å². The molecule has 110 valence electrons. The molecule has 0 atom stereocenters. The summed E-state index contributed by atoms with van der Waals surface area (Å²) in [5, 5.41) is 6.87. The summed E-state index contributed by atoms with van der Waals surface area (Å²) < 4.78 is 0. The van der Waals surface area contributed by atoms with E-state index in [1.54, 1.807) is 0 Å². The van der Waals surface area contributed by atoms with E-state index in [0.29, 0.717) is 11.4 Å². The zero-order valence-corrected chi connectivity index (χ0v) is 12.9. The highest BCUT2D eigenvalue weighted by Gasteiger charge is 2.19. The highest BCUT2D eigenvalue weighted by molar-refractivity contribution is 6.33. The minimum absolute atomic E-state index is 0.0455. The zero-order valence-electron chi connectivity index (χ0n) is 12.1. The monoisotopic (exact) mass is 294 g/mol. The predicted octanol–water partition coefficient (Wildman–Crippen LogP) is 4.61.